The van der Waals surface area contributed by atoms with Crippen LogP contribution in [0, 0.1) is 0 Å². The topological polar surface area (TPSA) is 46.1 Å². The number of rotatable bonds is 5. The third-order valence-electron chi connectivity index (χ3n) is 3.84. The number of hydrogen-bond acceptors (Lipinski definition) is 3. The second kappa shape index (κ2) is 9.85. The molecule has 0 saturated carbocycles. The lowest BCUT2D eigenvalue weighted by Crippen LogP contribution is -2.44. The summed E-state index contributed by atoms with van der Waals surface area (Å²) in [5.74, 6) is 2.60. The fourth-order valence-corrected chi connectivity index (χ4v) is 2.71. The first kappa shape index (κ1) is 19.9. The van der Waals surface area contributed by atoms with Crippen molar-refractivity contribution in [3.63, 3.8) is 0 Å². The smallest absolute Gasteiger partial charge is 0.194 e. The minimum absolute atomic E-state index is 0. The van der Waals surface area contributed by atoms with Crippen LogP contribution in [0.5, 0.6) is 11.5 Å². The van der Waals surface area contributed by atoms with Crippen LogP contribution in [0.4, 0.5) is 0 Å². The van der Waals surface area contributed by atoms with Gasteiger partial charge in [0.2, 0.25) is 0 Å². The number of methoxy groups -OCH3 is 2. The van der Waals surface area contributed by atoms with Crippen molar-refractivity contribution in [2.24, 2.45) is 4.99 Å². The van der Waals surface area contributed by atoms with Crippen LogP contribution in [0.3, 0.4) is 0 Å². The van der Waals surface area contributed by atoms with Gasteiger partial charge in [-0.2, -0.15) is 0 Å². The zero-order valence-electron chi connectivity index (χ0n) is 14.5. The van der Waals surface area contributed by atoms with Crippen molar-refractivity contribution < 1.29 is 9.47 Å². The molecule has 2 rings (SSSR count). The van der Waals surface area contributed by atoms with Crippen LogP contribution in [-0.4, -0.2) is 44.7 Å². The van der Waals surface area contributed by atoms with Crippen LogP contribution in [0.2, 0.25) is 0 Å². The molecule has 0 bridgehead atoms. The van der Waals surface area contributed by atoms with Gasteiger partial charge in [0.05, 0.1) is 14.2 Å². The molecule has 0 amide bonds. The van der Waals surface area contributed by atoms with E-state index in [0.717, 1.165) is 56.5 Å². The SMILES string of the molecule is CCCN=C(NCC)N1CCc2cc(OC)c(OC)cc2C1.I. The van der Waals surface area contributed by atoms with Crippen LogP contribution in [-0.2, 0) is 13.0 Å². The molecule has 0 fully saturated rings. The first-order valence-corrected chi connectivity index (χ1v) is 8.00. The fourth-order valence-electron chi connectivity index (χ4n) is 2.71. The van der Waals surface area contributed by atoms with E-state index in [4.69, 9.17) is 9.47 Å². The van der Waals surface area contributed by atoms with Crippen molar-refractivity contribution >= 4 is 29.9 Å². The van der Waals surface area contributed by atoms with Gasteiger partial charge in [0.25, 0.3) is 0 Å². The van der Waals surface area contributed by atoms with Crippen molar-refractivity contribution in [1.29, 1.82) is 0 Å². The standard InChI is InChI=1S/C17H27N3O2.HI/c1-5-8-19-17(18-6-2)20-9-7-13-10-15(21-3)16(22-4)11-14(13)12-20;/h10-11H,5-9,12H2,1-4H3,(H,18,19);1H. The Kier molecular flexibility index (Phi) is 8.51. The van der Waals surface area contributed by atoms with E-state index in [-0.39, 0.29) is 24.0 Å². The highest BCUT2D eigenvalue weighted by Crippen LogP contribution is 2.33. The van der Waals surface area contributed by atoms with Crippen molar-refractivity contribution in [3.8, 4) is 11.5 Å². The number of aliphatic imine (C=N–C) groups is 1. The Morgan fingerprint density at radius 1 is 1.17 bits per heavy atom. The molecule has 1 N–H and O–H groups in total. The van der Waals surface area contributed by atoms with E-state index in [9.17, 15) is 0 Å². The Labute approximate surface area is 156 Å². The van der Waals surface area contributed by atoms with E-state index in [1.165, 1.54) is 11.1 Å². The highest BCUT2D eigenvalue weighted by molar-refractivity contribution is 14.0. The minimum atomic E-state index is 0. The Morgan fingerprint density at radius 3 is 2.39 bits per heavy atom. The lowest BCUT2D eigenvalue weighted by atomic mass is 9.99. The summed E-state index contributed by atoms with van der Waals surface area (Å²) >= 11 is 0. The monoisotopic (exact) mass is 433 g/mol. The van der Waals surface area contributed by atoms with Crippen molar-refractivity contribution in [2.45, 2.75) is 33.2 Å². The van der Waals surface area contributed by atoms with Crippen LogP contribution >= 0.6 is 24.0 Å². The molecule has 5 nitrogen and oxygen atoms in total. The molecule has 1 heterocycles. The van der Waals surface area contributed by atoms with E-state index in [1.54, 1.807) is 14.2 Å². The number of fused-ring (bicyclic) bond motifs is 1. The third kappa shape index (κ3) is 4.89. The maximum Gasteiger partial charge on any atom is 0.194 e. The minimum Gasteiger partial charge on any atom is -0.493 e. The molecule has 6 heteroatoms. The van der Waals surface area contributed by atoms with Gasteiger partial charge >= 0.3 is 0 Å². The second-order valence-corrected chi connectivity index (χ2v) is 5.38. The predicted molar refractivity (Wildman–Crippen MR) is 105 cm³/mol. The molecule has 0 unspecified atom stereocenters. The zero-order chi connectivity index (χ0) is 15.9. The summed E-state index contributed by atoms with van der Waals surface area (Å²) in [5, 5.41) is 3.39. The first-order valence-electron chi connectivity index (χ1n) is 8.00. The van der Waals surface area contributed by atoms with Gasteiger partial charge < -0.3 is 19.7 Å². The van der Waals surface area contributed by atoms with Gasteiger partial charge in [-0.3, -0.25) is 4.99 Å². The van der Waals surface area contributed by atoms with Gasteiger partial charge in [0.1, 0.15) is 0 Å². The maximum absolute atomic E-state index is 5.42. The Balaban J connectivity index is 0.00000264. The summed E-state index contributed by atoms with van der Waals surface area (Å²) in [6, 6.07) is 4.19. The molecule has 130 valence electrons. The first-order chi connectivity index (χ1) is 10.7. The molecule has 1 aliphatic heterocycles. The molecule has 1 aliphatic rings. The Hall–Kier alpha value is -1.18. The maximum atomic E-state index is 5.42. The molecule has 0 aromatic heterocycles. The summed E-state index contributed by atoms with van der Waals surface area (Å²) in [5.41, 5.74) is 2.62. The van der Waals surface area contributed by atoms with Crippen molar-refractivity contribution in [2.75, 3.05) is 33.9 Å². The largest absolute Gasteiger partial charge is 0.493 e. The Bertz CT molecular complexity index is 535. The summed E-state index contributed by atoms with van der Waals surface area (Å²) in [6.07, 6.45) is 2.05. The summed E-state index contributed by atoms with van der Waals surface area (Å²) in [4.78, 5) is 6.99. The van der Waals surface area contributed by atoms with Crippen LogP contribution < -0.4 is 14.8 Å². The number of ether oxygens (including phenoxy) is 2. The summed E-state index contributed by atoms with van der Waals surface area (Å²) < 4.78 is 10.8. The van der Waals surface area contributed by atoms with Crippen molar-refractivity contribution in [1.82, 2.24) is 10.2 Å². The second-order valence-electron chi connectivity index (χ2n) is 5.38. The van der Waals surface area contributed by atoms with E-state index >= 15 is 0 Å². The number of guanidine groups is 1. The number of nitrogens with zero attached hydrogens (tertiary/aromatic N) is 2. The van der Waals surface area contributed by atoms with Gasteiger partial charge in [0, 0.05) is 26.2 Å². The lowest BCUT2D eigenvalue weighted by Gasteiger charge is -2.32. The molecular weight excluding hydrogens is 405 g/mol. The van der Waals surface area contributed by atoms with Gasteiger partial charge in [-0.1, -0.05) is 6.92 Å². The van der Waals surface area contributed by atoms with E-state index in [0.29, 0.717) is 0 Å². The van der Waals surface area contributed by atoms with Crippen LogP contribution in [0.1, 0.15) is 31.4 Å². The molecule has 0 spiro atoms. The van der Waals surface area contributed by atoms with Crippen LogP contribution in [0.25, 0.3) is 0 Å². The van der Waals surface area contributed by atoms with Gasteiger partial charge in [-0.05, 0) is 43.0 Å². The van der Waals surface area contributed by atoms with Crippen LogP contribution in [0.15, 0.2) is 17.1 Å². The number of benzene rings is 1. The van der Waals surface area contributed by atoms with Crippen molar-refractivity contribution in [3.05, 3.63) is 23.3 Å². The molecule has 0 aliphatic carbocycles. The average Bonchev–Trinajstić information content (AvgIpc) is 2.56. The normalized spacial score (nSPS) is 13.9. The highest BCUT2D eigenvalue weighted by atomic mass is 127. The zero-order valence-corrected chi connectivity index (χ0v) is 16.8. The molecule has 1 aromatic rings. The van der Waals surface area contributed by atoms with Gasteiger partial charge in [-0.15, -0.1) is 24.0 Å². The van der Waals surface area contributed by atoms with E-state index in [2.05, 4.69) is 41.2 Å². The van der Waals surface area contributed by atoms with Gasteiger partial charge in [0.15, 0.2) is 17.5 Å². The predicted octanol–water partition coefficient (Wildman–Crippen LogP) is 3.06. The summed E-state index contributed by atoms with van der Waals surface area (Å²) in [7, 11) is 3.36. The molecule has 0 radical (unpaired) electrons. The fraction of sp³-hybridized carbons (Fsp3) is 0.588. The molecule has 0 atom stereocenters. The Morgan fingerprint density at radius 2 is 1.83 bits per heavy atom. The van der Waals surface area contributed by atoms with E-state index < -0.39 is 0 Å². The van der Waals surface area contributed by atoms with Gasteiger partial charge in [-0.25, -0.2) is 0 Å². The molecule has 0 saturated heterocycles. The quantitative estimate of drug-likeness (QED) is 0.441. The lowest BCUT2D eigenvalue weighted by molar-refractivity contribution is 0.346. The highest BCUT2D eigenvalue weighted by Gasteiger charge is 2.21. The number of nitrogens with one attached hydrogen (secondary N) is 1. The summed E-state index contributed by atoms with van der Waals surface area (Å²) in [6.45, 7) is 7.82. The number of halogens is 1. The molecule has 1 aromatic carbocycles. The van der Waals surface area contributed by atoms with E-state index in [1.807, 2.05) is 0 Å². The molecular formula is C17H28IN3O2. The number of hydrogen-bond donors (Lipinski definition) is 1. The molecule has 23 heavy (non-hydrogen) atoms. The average molecular weight is 433 g/mol. The third-order valence-corrected chi connectivity index (χ3v) is 3.84.